The highest BCUT2D eigenvalue weighted by Crippen LogP contribution is 2.30. The van der Waals surface area contributed by atoms with Gasteiger partial charge < -0.3 is 15.3 Å². The number of carbonyl (C=O) groups is 3. The first-order chi connectivity index (χ1) is 12.9. The van der Waals surface area contributed by atoms with Gasteiger partial charge >= 0.3 is 5.97 Å². The van der Waals surface area contributed by atoms with Crippen LogP contribution < -0.4 is 10.2 Å². The number of carboxylic acids is 1. The molecule has 1 aromatic heterocycles. The van der Waals surface area contributed by atoms with Gasteiger partial charge in [0.2, 0.25) is 11.8 Å². The number of nitrogens with one attached hydrogen (secondary N) is 1. The summed E-state index contributed by atoms with van der Waals surface area (Å²) in [7, 11) is 0. The van der Waals surface area contributed by atoms with Gasteiger partial charge in [-0.25, -0.2) is 4.98 Å². The Balaban J connectivity index is 1.51. The maximum absolute atomic E-state index is 12.4. The number of fused-ring (bicyclic) bond motifs is 1. The third kappa shape index (κ3) is 4.82. The average Bonchev–Trinajstić information content (AvgIpc) is 3.18. The first kappa shape index (κ1) is 19.3. The minimum atomic E-state index is -0.797. The maximum Gasteiger partial charge on any atom is 0.303 e. The summed E-state index contributed by atoms with van der Waals surface area (Å²) in [4.78, 5) is 41.3. The molecule has 1 aliphatic rings. The van der Waals surface area contributed by atoms with E-state index >= 15 is 0 Å². The third-order valence-electron chi connectivity index (χ3n) is 4.65. The summed E-state index contributed by atoms with van der Waals surface area (Å²) in [5.74, 6) is -1.32. The van der Waals surface area contributed by atoms with Crippen molar-refractivity contribution in [1.29, 1.82) is 0 Å². The highest BCUT2D eigenvalue weighted by atomic mass is 32.1. The number of nitrogens with zero attached hydrogens (tertiary/aromatic N) is 2. The summed E-state index contributed by atoms with van der Waals surface area (Å²) in [6.45, 7) is 2.83. The molecular formula is C19H23N3O4S. The van der Waals surface area contributed by atoms with Gasteiger partial charge in [-0.1, -0.05) is 6.42 Å². The Bertz CT molecular complexity index is 864. The predicted octanol–water partition coefficient (Wildman–Crippen LogP) is 2.72. The Morgan fingerprint density at radius 2 is 2.15 bits per heavy atom. The second-order valence-electron chi connectivity index (χ2n) is 6.79. The van der Waals surface area contributed by atoms with Crippen molar-refractivity contribution in [2.45, 2.75) is 39.0 Å². The normalized spacial score (nSPS) is 16.9. The summed E-state index contributed by atoms with van der Waals surface area (Å²) in [5, 5.41) is 12.4. The van der Waals surface area contributed by atoms with Crippen molar-refractivity contribution in [1.82, 2.24) is 10.3 Å². The number of anilines is 1. The predicted molar refractivity (Wildman–Crippen MR) is 104 cm³/mol. The molecule has 2 aromatic rings. The van der Waals surface area contributed by atoms with Crippen molar-refractivity contribution in [3.8, 4) is 0 Å². The Hall–Kier alpha value is -2.48. The summed E-state index contributed by atoms with van der Waals surface area (Å²) >= 11 is 1.61. The Morgan fingerprint density at radius 1 is 1.33 bits per heavy atom. The molecule has 0 saturated carbocycles. The van der Waals surface area contributed by atoms with E-state index in [2.05, 4.69) is 10.3 Å². The van der Waals surface area contributed by atoms with E-state index in [1.54, 1.807) is 16.2 Å². The smallest absolute Gasteiger partial charge is 0.303 e. The van der Waals surface area contributed by atoms with Gasteiger partial charge in [-0.3, -0.25) is 14.4 Å². The molecule has 1 atom stereocenters. The van der Waals surface area contributed by atoms with Gasteiger partial charge in [0, 0.05) is 31.6 Å². The van der Waals surface area contributed by atoms with Crippen LogP contribution in [0.3, 0.4) is 0 Å². The molecule has 0 radical (unpaired) electrons. The molecule has 8 heteroatoms. The van der Waals surface area contributed by atoms with Crippen LogP contribution in [0.25, 0.3) is 10.2 Å². The Morgan fingerprint density at radius 3 is 2.93 bits per heavy atom. The van der Waals surface area contributed by atoms with E-state index in [9.17, 15) is 14.4 Å². The van der Waals surface area contributed by atoms with Crippen LogP contribution >= 0.6 is 11.3 Å². The number of carboxylic acid groups (broad SMARTS) is 1. The highest BCUT2D eigenvalue weighted by Gasteiger charge is 2.35. The molecule has 1 unspecified atom stereocenters. The number of rotatable bonds is 8. The third-order valence-corrected chi connectivity index (χ3v) is 5.60. The molecule has 2 amide bonds. The van der Waals surface area contributed by atoms with Gasteiger partial charge in [0.15, 0.2) is 0 Å². The SMILES string of the molecule is Cc1nc2cc(N3CC(C(=O)NCCCCCC(=O)O)CC3=O)ccc2s1. The van der Waals surface area contributed by atoms with Gasteiger partial charge in [0.25, 0.3) is 0 Å². The molecule has 1 aliphatic heterocycles. The van der Waals surface area contributed by atoms with Crippen LogP contribution in [0, 0.1) is 12.8 Å². The van der Waals surface area contributed by atoms with E-state index in [0.717, 1.165) is 33.8 Å². The van der Waals surface area contributed by atoms with Gasteiger partial charge in [-0.05, 0) is 38.0 Å². The molecule has 2 heterocycles. The standard InChI is InChI=1S/C19H23N3O4S/c1-12-21-15-10-14(6-7-16(15)27-12)22-11-13(9-17(22)23)19(26)20-8-4-2-3-5-18(24)25/h6-7,10,13H,2-5,8-9,11H2,1H3,(H,20,26)(H,24,25). The molecule has 7 nitrogen and oxygen atoms in total. The van der Waals surface area contributed by atoms with Gasteiger partial charge in [0.05, 0.1) is 21.1 Å². The van der Waals surface area contributed by atoms with Crippen LogP contribution in [-0.4, -0.2) is 41.0 Å². The number of hydrogen-bond donors (Lipinski definition) is 2. The zero-order valence-corrected chi connectivity index (χ0v) is 16.1. The van der Waals surface area contributed by atoms with E-state index in [1.807, 2.05) is 25.1 Å². The molecule has 144 valence electrons. The number of benzene rings is 1. The van der Waals surface area contributed by atoms with Crippen LogP contribution in [0.2, 0.25) is 0 Å². The second-order valence-corrected chi connectivity index (χ2v) is 8.02. The molecule has 1 saturated heterocycles. The number of thiazole rings is 1. The van der Waals surface area contributed by atoms with Gasteiger partial charge in [-0.15, -0.1) is 11.3 Å². The zero-order chi connectivity index (χ0) is 19.4. The van der Waals surface area contributed by atoms with Gasteiger partial charge in [-0.2, -0.15) is 0 Å². The minimum absolute atomic E-state index is 0.0529. The first-order valence-corrected chi connectivity index (χ1v) is 9.93. The minimum Gasteiger partial charge on any atom is -0.481 e. The van der Waals surface area contributed by atoms with E-state index < -0.39 is 5.97 Å². The quantitative estimate of drug-likeness (QED) is 0.676. The number of carbonyl (C=O) groups excluding carboxylic acids is 2. The summed E-state index contributed by atoms with van der Waals surface area (Å²) in [5.41, 5.74) is 1.65. The van der Waals surface area contributed by atoms with Crippen LogP contribution in [0.15, 0.2) is 18.2 Å². The molecule has 0 spiro atoms. The van der Waals surface area contributed by atoms with Crippen molar-refractivity contribution >= 4 is 45.0 Å². The molecule has 27 heavy (non-hydrogen) atoms. The fourth-order valence-electron chi connectivity index (χ4n) is 3.27. The molecule has 3 rings (SSSR count). The number of aromatic nitrogens is 1. The van der Waals surface area contributed by atoms with E-state index in [-0.39, 0.29) is 30.6 Å². The van der Waals surface area contributed by atoms with Crippen LogP contribution in [-0.2, 0) is 14.4 Å². The zero-order valence-electron chi connectivity index (χ0n) is 15.2. The molecule has 1 aromatic carbocycles. The highest BCUT2D eigenvalue weighted by molar-refractivity contribution is 7.18. The van der Waals surface area contributed by atoms with Crippen molar-refractivity contribution in [3.63, 3.8) is 0 Å². The lowest BCUT2D eigenvalue weighted by molar-refractivity contribution is -0.137. The number of aliphatic carboxylic acids is 1. The number of aryl methyl sites for hydroxylation is 1. The van der Waals surface area contributed by atoms with Crippen LogP contribution in [0.4, 0.5) is 5.69 Å². The van der Waals surface area contributed by atoms with Crippen molar-refractivity contribution in [3.05, 3.63) is 23.2 Å². The van der Waals surface area contributed by atoms with Crippen molar-refractivity contribution in [2.24, 2.45) is 5.92 Å². The first-order valence-electron chi connectivity index (χ1n) is 9.11. The molecule has 0 bridgehead atoms. The lowest BCUT2D eigenvalue weighted by atomic mass is 10.1. The fraction of sp³-hybridized carbons (Fsp3) is 0.474. The van der Waals surface area contributed by atoms with Gasteiger partial charge in [0.1, 0.15) is 0 Å². The number of hydrogen-bond acceptors (Lipinski definition) is 5. The summed E-state index contributed by atoms with van der Waals surface area (Å²) in [6.07, 6.45) is 2.47. The Kier molecular flexibility index (Phi) is 6.05. The number of amides is 2. The van der Waals surface area contributed by atoms with Crippen LogP contribution in [0.5, 0.6) is 0 Å². The summed E-state index contributed by atoms with van der Waals surface area (Å²) in [6, 6.07) is 5.77. The Labute approximate surface area is 161 Å². The van der Waals surface area contributed by atoms with Crippen LogP contribution in [0.1, 0.15) is 37.1 Å². The molecule has 1 fully saturated rings. The lowest BCUT2D eigenvalue weighted by Gasteiger charge is -2.16. The maximum atomic E-state index is 12.4. The summed E-state index contributed by atoms with van der Waals surface area (Å²) < 4.78 is 1.08. The molecular weight excluding hydrogens is 366 g/mol. The van der Waals surface area contributed by atoms with E-state index in [1.165, 1.54) is 0 Å². The largest absolute Gasteiger partial charge is 0.481 e. The van der Waals surface area contributed by atoms with E-state index in [0.29, 0.717) is 19.5 Å². The van der Waals surface area contributed by atoms with Crippen molar-refractivity contribution < 1.29 is 19.5 Å². The monoisotopic (exact) mass is 389 g/mol. The number of unbranched alkanes of at least 4 members (excludes halogenated alkanes) is 2. The van der Waals surface area contributed by atoms with Crippen molar-refractivity contribution in [2.75, 3.05) is 18.0 Å². The van der Waals surface area contributed by atoms with E-state index in [4.69, 9.17) is 5.11 Å². The topological polar surface area (TPSA) is 99.6 Å². The average molecular weight is 389 g/mol. The molecule has 2 N–H and O–H groups in total. The lowest BCUT2D eigenvalue weighted by Crippen LogP contribution is -2.33. The molecule has 0 aliphatic carbocycles. The second kappa shape index (κ2) is 8.47. The fourth-order valence-corrected chi connectivity index (χ4v) is 4.07.